The zero-order valence-corrected chi connectivity index (χ0v) is 18.7. The van der Waals surface area contributed by atoms with Gasteiger partial charge in [0.2, 0.25) is 0 Å². The molecular formula is C28H23BrN2. The zero-order valence-electron chi connectivity index (χ0n) is 17.1. The van der Waals surface area contributed by atoms with Crippen molar-refractivity contribution in [2.75, 3.05) is 5.32 Å². The van der Waals surface area contributed by atoms with E-state index in [1.807, 2.05) is 24.3 Å². The van der Waals surface area contributed by atoms with Crippen molar-refractivity contribution in [2.45, 2.75) is 18.3 Å². The summed E-state index contributed by atoms with van der Waals surface area (Å²) in [6.45, 7) is 0. The van der Waals surface area contributed by atoms with Crippen LogP contribution < -0.4 is 5.32 Å². The summed E-state index contributed by atoms with van der Waals surface area (Å²) in [6.07, 6.45) is 1.18. The second kappa shape index (κ2) is 9.64. The molecule has 1 atom stereocenters. The van der Waals surface area contributed by atoms with Gasteiger partial charge >= 0.3 is 0 Å². The molecule has 0 aliphatic carbocycles. The third-order valence-electron chi connectivity index (χ3n) is 5.66. The summed E-state index contributed by atoms with van der Waals surface area (Å²) < 4.78 is 1.04. The summed E-state index contributed by atoms with van der Waals surface area (Å²) in [5, 5.41) is 12.9. The molecule has 0 aromatic heterocycles. The van der Waals surface area contributed by atoms with E-state index in [0.717, 1.165) is 15.8 Å². The molecule has 1 N–H and O–H groups in total. The third-order valence-corrected chi connectivity index (χ3v) is 6.18. The third kappa shape index (κ3) is 4.55. The lowest BCUT2D eigenvalue weighted by Crippen LogP contribution is -2.29. The molecule has 0 bridgehead atoms. The van der Waals surface area contributed by atoms with Crippen LogP contribution >= 0.6 is 15.9 Å². The van der Waals surface area contributed by atoms with Crippen LogP contribution in [0.15, 0.2) is 114 Å². The number of hydrogen-bond acceptors (Lipinski definition) is 2. The molecule has 0 radical (unpaired) electrons. The highest BCUT2D eigenvalue weighted by Crippen LogP contribution is 2.43. The highest BCUT2D eigenvalue weighted by molar-refractivity contribution is 9.10. The van der Waals surface area contributed by atoms with Crippen molar-refractivity contribution in [2.24, 2.45) is 0 Å². The Hall–Kier alpha value is -3.35. The van der Waals surface area contributed by atoms with Gasteiger partial charge in [-0.3, -0.25) is 0 Å². The highest BCUT2D eigenvalue weighted by Gasteiger charge is 2.35. The Morgan fingerprint density at radius 1 is 0.645 bits per heavy atom. The SMILES string of the molecule is N#CCCC(c1ccccc1)(c1ccc(Br)cc1)c1ccc(Nc2ccccc2)cc1. The Bertz CT molecular complexity index is 1150. The minimum atomic E-state index is -0.400. The molecule has 31 heavy (non-hydrogen) atoms. The van der Waals surface area contributed by atoms with E-state index < -0.39 is 5.41 Å². The lowest BCUT2D eigenvalue weighted by Gasteiger charge is -2.36. The van der Waals surface area contributed by atoms with Crippen LogP contribution in [0.2, 0.25) is 0 Å². The van der Waals surface area contributed by atoms with Crippen molar-refractivity contribution in [3.05, 3.63) is 130 Å². The fraction of sp³-hybridized carbons (Fsp3) is 0.107. The average Bonchev–Trinajstić information content (AvgIpc) is 2.83. The van der Waals surface area contributed by atoms with E-state index in [4.69, 9.17) is 0 Å². The van der Waals surface area contributed by atoms with E-state index in [1.54, 1.807) is 0 Å². The van der Waals surface area contributed by atoms with Gasteiger partial charge in [0, 0.05) is 27.7 Å². The quantitative estimate of drug-likeness (QED) is 0.281. The maximum Gasteiger partial charge on any atom is 0.0622 e. The van der Waals surface area contributed by atoms with Crippen LogP contribution in [-0.2, 0) is 5.41 Å². The number of halogens is 1. The number of hydrogen-bond donors (Lipinski definition) is 1. The van der Waals surface area contributed by atoms with Crippen LogP contribution in [0.3, 0.4) is 0 Å². The molecule has 2 nitrogen and oxygen atoms in total. The van der Waals surface area contributed by atoms with Gasteiger partial charge in [-0.15, -0.1) is 0 Å². The van der Waals surface area contributed by atoms with Crippen LogP contribution in [0.4, 0.5) is 11.4 Å². The van der Waals surface area contributed by atoms with Gasteiger partial charge in [-0.1, -0.05) is 88.7 Å². The molecular weight excluding hydrogens is 444 g/mol. The van der Waals surface area contributed by atoms with Gasteiger partial charge in [-0.25, -0.2) is 0 Å². The van der Waals surface area contributed by atoms with E-state index in [-0.39, 0.29) is 0 Å². The van der Waals surface area contributed by atoms with Crippen LogP contribution in [0.25, 0.3) is 0 Å². The Balaban J connectivity index is 1.81. The van der Waals surface area contributed by atoms with Gasteiger partial charge < -0.3 is 5.32 Å². The summed E-state index contributed by atoms with van der Waals surface area (Å²) in [4.78, 5) is 0. The number of rotatable bonds is 7. The summed E-state index contributed by atoms with van der Waals surface area (Å²) in [6, 6.07) is 40.1. The van der Waals surface area contributed by atoms with Gasteiger partial charge in [0.1, 0.15) is 0 Å². The summed E-state index contributed by atoms with van der Waals surface area (Å²) in [5.74, 6) is 0. The lowest BCUT2D eigenvalue weighted by molar-refractivity contribution is 0.569. The molecule has 0 amide bonds. The van der Waals surface area contributed by atoms with Crippen molar-refractivity contribution in [3.8, 4) is 6.07 Å². The van der Waals surface area contributed by atoms with Crippen molar-refractivity contribution in [1.82, 2.24) is 0 Å². The summed E-state index contributed by atoms with van der Waals surface area (Å²) in [7, 11) is 0. The number of nitrogens with zero attached hydrogens (tertiary/aromatic N) is 1. The Labute approximate surface area is 192 Å². The number of nitriles is 1. The minimum Gasteiger partial charge on any atom is -0.356 e. The standard InChI is InChI=1S/C28H23BrN2/c29-25-16-12-23(13-17-25)28(20-7-21-30,22-8-3-1-4-9-22)24-14-18-27(19-15-24)31-26-10-5-2-6-11-26/h1-6,8-19,31H,7,20H2. The van der Waals surface area contributed by atoms with Gasteiger partial charge in [-0.2, -0.15) is 5.26 Å². The first-order chi connectivity index (χ1) is 15.2. The molecule has 4 rings (SSSR count). The fourth-order valence-corrected chi connectivity index (χ4v) is 4.42. The number of anilines is 2. The second-order valence-electron chi connectivity index (χ2n) is 7.50. The van der Waals surface area contributed by atoms with E-state index in [2.05, 4.69) is 112 Å². The Morgan fingerprint density at radius 2 is 1.13 bits per heavy atom. The lowest BCUT2D eigenvalue weighted by atomic mass is 9.67. The van der Waals surface area contributed by atoms with E-state index >= 15 is 0 Å². The molecule has 0 fully saturated rings. The maximum absolute atomic E-state index is 9.46. The Kier molecular flexibility index (Phi) is 6.50. The van der Waals surface area contributed by atoms with Gasteiger partial charge in [0.15, 0.2) is 0 Å². The van der Waals surface area contributed by atoms with E-state index in [1.165, 1.54) is 16.7 Å². The number of para-hydroxylation sites is 1. The van der Waals surface area contributed by atoms with Crippen molar-refractivity contribution >= 4 is 27.3 Å². The fourth-order valence-electron chi connectivity index (χ4n) is 4.16. The maximum atomic E-state index is 9.46. The topological polar surface area (TPSA) is 35.8 Å². The van der Waals surface area contributed by atoms with Crippen molar-refractivity contribution < 1.29 is 0 Å². The minimum absolute atomic E-state index is 0.400. The average molecular weight is 467 g/mol. The molecule has 0 saturated carbocycles. The van der Waals surface area contributed by atoms with Crippen LogP contribution in [0.1, 0.15) is 29.5 Å². The first-order valence-corrected chi connectivity index (χ1v) is 11.1. The van der Waals surface area contributed by atoms with Crippen LogP contribution in [0.5, 0.6) is 0 Å². The highest BCUT2D eigenvalue weighted by atomic mass is 79.9. The molecule has 0 aliphatic rings. The summed E-state index contributed by atoms with van der Waals surface area (Å²) >= 11 is 3.56. The predicted octanol–water partition coefficient (Wildman–Crippen LogP) is 7.83. The number of nitrogens with one attached hydrogen (secondary N) is 1. The molecule has 0 saturated heterocycles. The van der Waals surface area contributed by atoms with Crippen LogP contribution in [0, 0.1) is 11.3 Å². The largest absolute Gasteiger partial charge is 0.356 e. The molecule has 0 heterocycles. The molecule has 152 valence electrons. The monoisotopic (exact) mass is 466 g/mol. The molecule has 1 unspecified atom stereocenters. The zero-order chi connectivity index (χ0) is 21.5. The van der Waals surface area contributed by atoms with E-state index in [0.29, 0.717) is 12.8 Å². The molecule has 4 aromatic carbocycles. The molecule has 0 spiro atoms. The van der Waals surface area contributed by atoms with Gasteiger partial charge in [-0.05, 0) is 59.5 Å². The number of benzene rings is 4. The first kappa shape index (κ1) is 20.9. The smallest absolute Gasteiger partial charge is 0.0622 e. The van der Waals surface area contributed by atoms with Crippen molar-refractivity contribution in [1.29, 1.82) is 5.26 Å². The Morgan fingerprint density at radius 3 is 1.71 bits per heavy atom. The van der Waals surface area contributed by atoms with E-state index in [9.17, 15) is 5.26 Å². The van der Waals surface area contributed by atoms with Gasteiger partial charge in [0.05, 0.1) is 6.07 Å². The normalized spacial score (nSPS) is 12.5. The summed E-state index contributed by atoms with van der Waals surface area (Å²) in [5.41, 5.74) is 5.24. The van der Waals surface area contributed by atoms with Gasteiger partial charge in [0.25, 0.3) is 0 Å². The predicted molar refractivity (Wildman–Crippen MR) is 131 cm³/mol. The van der Waals surface area contributed by atoms with Crippen molar-refractivity contribution in [3.63, 3.8) is 0 Å². The first-order valence-electron chi connectivity index (χ1n) is 10.3. The van der Waals surface area contributed by atoms with Crippen LogP contribution in [-0.4, -0.2) is 0 Å². The second-order valence-corrected chi connectivity index (χ2v) is 8.42. The molecule has 0 aliphatic heterocycles. The molecule has 3 heteroatoms. The molecule has 4 aromatic rings.